The van der Waals surface area contributed by atoms with E-state index in [-0.39, 0.29) is 5.97 Å². The molecule has 0 heterocycles. The largest absolute Gasteiger partial charge is 0.462 e. The van der Waals surface area contributed by atoms with E-state index in [1.165, 1.54) is 0 Å². The van der Waals surface area contributed by atoms with E-state index in [0.29, 0.717) is 17.0 Å². The molecule has 0 saturated carbocycles. The Hall–Kier alpha value is -1.09. The topological polar surface area (TPSA) is 26.3 Å². The number of hydrogen-bond acceptors (Lipinski definition) is 2. The van der Waals surface area contributed by atoms with Gasteiger partial charge < -0.3 is 4.74 Å². The van der Waals surface area contributed by atoms with E-state index in [9.17, 15) is 4.79 Å². The van der Waals surface area contributed by atoms with E-state index in [0.717, 1.165) is 6.42 Å². The highest BCUT2D eigenvalue weighted by Gasteiger charge is 2.04. The van der Waals surface area contributed by atoms with Crippen LogP contribution in [-0.2, 0) is 4.74 Å². The summed E-state index contributed by atoms with van der Waals surface area (Å²) in [4.78, 5) is 11.8. The second-order valence-corrected chi connectivity index (χ2v) is 4.84. The van der Waals surface area contributed by atoms with Gasteiger partial charge in [-0.15, -0.1) is 0 Å². The third-order valence-electron chi connectivity index (χ3n) is 1.93. The molecule has 2 nitrogen and oxygen atoms in total. The first-order valence-corrected chi connectivity index (χ1v) is 6.14. The molecule has 0 aliphatic heterocycles. The van der Waals surface area contributed by atoms with Crippen molar-refractivity contribution in [2.24, 2.45) is 0 Å². The number of ether oxygens (including phenoxy) is 1. The molecule has 0 amide bonds. The van der Waals surface area contributed by atoms with Gasteiger partial charge in [0.1, 0.15) is 0 Å². The molecule has 0 saturated heterocycles. The maximum Gasteiger partial charge on any atom is 0.338 e. The van der Waals surface area contributed by atoms with Crippen LogP contribution in [-0.4, -0.2) is 17.4 Å². The minimum absolute atomic E-state index is 0.263. The molecule has 1 aromatic rings. The Morgan fingerprint density at radius 2 is 2.12 bits per heavy atom. The van der Waals surface area contributed by atoms with Crippen LogP contribution in [0.1, 0.15) is 23.7 Å². The number of rotatable bonds is 5. The summed E-state index contributed by atoms with van der Waals surface area (Å²) in [7, 11) is 0. The molecule has 0 bridgehead atoms. The maximum absolute atomic E-state index is 11.5. The van der Waals surface area contributed by atoms with Crippen LogP contribution in [0.5, 0.6) is 0 Å². The first-order valence-electron chi connectivity index (χ1n) is 5.23. The fraction of sp³-hybridized carbons (Fsp3) is 0.308. The molecule has 0 fully saturated rings. The number of alkyl halides is 1. The van der Waals surface area contributed by atoms with Crippen LogP contribution in [0.3, 0.4) is 0 Å². The van der Waals surface area contributed by atoms with E-state index in [1.807, 2.05) is 37.3 Å². The Labute approximate surface area is 104 Å². The Bertz CT molecular complexity index is 344. The average Bonchev–Trinajstić information content (AvgIpc) is 2.29. The summed E-state index contributed by atoms with van der Waals surface area (Å²) in [5, 5.41) is 0. The zero-order chi connectivity index (χ0) is 11.8. The summed E-state index contributed by atoms with van der Waals surface area (Å²) in [6.07, 6.45) is 4.77. The molecule has 0 aromatic heterocycles. The van der Waals surface area contributed by atoms with Crippen molar-refractivity contribution in [3.63, 3.8) is 0 Å². The molecule has 1 atom stereocenters. The van der Waals surface area contributed by atoms with Crippen LogP contribution < -0.4 is 0 Å². The first-order chi connectivity index (χ1) is 7.70. The highest BCUT2D eigenvalue weighted by atomic mass is 79.9. The Morgan fingerprint density at radius 1 is 1.44 bits per heavy atom. The highest BCUT2D eigenvalue weighted by Crippen LogP contribution is 2.02. The molecule has 1 aromatic carbocycles. The summed E-state index contributed by atoms with van der Waals surface area (Å²) in [5.41, 5.74) is 0.598. The van der Waals surface area contributed by atoms with Crippen LogP contribution in [0.2, 0.25) is 0 Å². The molecule has 1 unspecified atom stereocenters. The van der Waals surface area contributed by atoms with Gasteiger partial charge in [-0.05, 0) is 25.5 Å². The number of allylic oxidation sites excluding steroid dienone is 1. The van der Waals surface area contributed by atoms with Crippen molar-refractivity contribution in [1.29, 1.82) is 0 Å². The number of esters is 1. The molecule has 16 heavy (non-hydrogen) atoms. The van der Waals surface area contributed by atoms with E-state index >= 15 is 0 Å². The second-order valence-electron chi connectivity index (χ2n) is 3.40. The fourth-order valence-electron chi connectivity index (χ4n) is 1.16. The van der Waals surface area contributed by atoms with E-state index in [2.05, 4.69) is 15.9 Å². The van der Waals surface area contributed by atoms with Crippen molar-refractivity contribution < 1.29 is 9.53 Å². The van der Waals surface area contributed by atoms with Gasteiger partial charge in [0.2, 0.25) is 0 Å². The van der Waals surface area contributed by atoms with Gasteiger partial charge in [0, 0.05) is 4.83 Å². The van der Waals surface area contributed by atoms with Gasteiger partial charge >= 0.3 is 5.97 Å². The lowest BCUT2D eigenvalue weighted by Crippen LogP contribution is -2.05. The van der Waals surface area contributed by atoms with E-state index < -0.39 is 0 Å². The maximum atomic E-state index is 11.5. The standard InChI is InChI=1S/C13H15BrO2/c1-11(14)7-5-6-10-16-13(15)12-8-3-2-4-9-12/h2-5,7-9,11H,6,10H2,1H3/b7-5+. The molecular formula is C13H15BrO2. The van der Waals surface area contributed by atoms with Gasteiger partial charge in [0.05, 0.1) is 12.2 Å². The molecular weight excluding hydrogens is 268 g/mol. The molecule has 0 spiro atoms. The first kappa shape index (κ1) is 13.0. The molecule has 0 N–H and O–H groups in total. The molecule has 3 heteroatoms. The lowest BCUT2D eigenvalue weighted by Gasteiger charge is -2.02. The predicted octanol–water partition coefficient (Wildman–Crippen LogP) is 3.57. The molecule has 1 rings (SSSR count). The highest BCUT2D eigenvalue weighted by molar-refractivity contribution is 9.09. The quantitative estimate of drug-likeness (QED) is 0.357. The van der Waals surface area contributed by atoms with Crippen molar-refractivity contribution in [1.82, 2.24) is 0 Å². The third-order valence-corrected chi connectivity index (χ3v) is 2.23. The third kappa shape index (κ3) is 5.12. The van der Waals surface area contributed by atoms with Crippen LogP contribution >= 0.6 is 15.9 Å². The van der Waals surface area contributed by atoms with Crippen molar-refractivity contribution in [2.45, 2.75) is 18.2 Å². The average molecular weight is 283 g/mol. The number of hydrogen-bond donors (Lipinski definition) is 0. The molecule has 0 radical (unpaired) electrons. The Balaban J connectivity index is 2.26. The number of halogens is 1. The number of benzene rings is 1. The fourth-order valence-corrected chi connectivity index (χ4v) is 1.38. The lowest BCUT2D eigenvalue weighted by atomic mass is 10.2. The second kappa shape index (κ2) is 7.23. The van der Waals surface area contributed by atoms with Gasteiger partial charge in [-0.2, -0.15) is 0 Å². The Morgan fingerprint density at radius 3 is 2.75 bits per heavy atom. The van der Waals surface area contributed by atoms with Crippen molar-refractivity contribution in [3.8, 4) is 0 Å². The van der Waals surface area contributed by atoms with Crippen LogP contribution in [0.25, 0.3) is 0 Å². The minimum atomic E-state index is -0.263. The molecule has 0 aliphatic carbocycles. The monoisotopic (exact) mass is 282 g/mol. The lowest BCUT2D eigenvalue weighted by molar-refractivity contribution is 0.0511. The van der Waals surface area contributed by atoms with Gasteiger partial charge in [0.25, 0.3) is 0 Å². The van der Waals surface area contributed by atoms with Gasteiger partial charge in [-0.25, -0.2) is 4.79 Å². The van der Waals surface area contributed by atoms with Gasteiger partial charge in [0.15, 0.2) is 0 Å². The SMILES string of the molecule is CC(Br)/C=C/CCOC(=O)c1ccccc1. The smallest absolute Gasteiger partial charge is 0.338 e. The summed E-state index contributed by atoms with van der Waals surface area (Å²) in [5.74, 6) is -0.263. The van der Waals surface area contributed by atoms with Crippen LogP contribution in [0.15, 0.2) is 42.5 Å². The van der Waals surface area contributed by atoms with Crippen molar-refractivity contribution in [2.75, 3.05) is 6.61 Å². The van der Waals surface area contributed by atoms with Gasteiger partial charge in [-0.1, -0.05) is 46.3 Å². The number of carbonyl (C=O) groups is 1. The minimum Gasteiger partial charge on any atom is -0.462 e. The normalized spacial score (nSPS) is 12.6. The predicted molar refractivity (Wildman–Crippen MR) is 68.9 cm³/mol. The molecule has 86 valence electrons. The van der Waals surface area contributed by atoms with Crippen molar-refractivity contribution >= 4 is 21.9 Å². The van der Waals surface area contributed by atoms with E-state index in [1.54, 1.807) is 12.1 Å². The Kier molecular flexibility index (Phi) is 5.86. The van der Waals surface area contributed by atoms with Crippen LogP contribution in [0.4, 0.5) is 0 Å². The summed E-state index contributed by atoms with van der Waals surface area (Å²) in [6, 6.07) is 9.01. The number of carbonyl (C=O) groups excluding carboxylic acids is 1. The zero-order valence-corrected chi connectivity index (χ0v) is 10.8. The summed E-state index contributed by atoms with van der Waals surface area (Å²) in [6.45, 7) is 2.45. The van der Waals surface area contributed by atoms with E-state index in [4.69, 9.17) is 4.74 Å². The summed E-state index contributed by atoms with van der Waals surface area (Å²) >= 11 is 3.40. The van der Waals surface area contributed by atoms with Crippen molar-refractivity contribution in [3.05, 3.63) is 48.0 Å². The summed E-state index contributed by atoms with van der Waals surface area (Å²) < 4.78 is 5.10. The molecule has 0 aliphatic rings. The van der Waals surface area contributed by atoms with Crippen LogP contribution in [0, 0.1) is 0 Å². The zero-order valence-electron chi connectivity index (χ0n) is 9.23. The van der Waals surface area contributed by atoms with Gasteiger partial charge in [-0.3, -0.25) is 0 Å².